The number of amides is 1. The SMILES string of the molecule is CC(C)Oc1ccc(S(=O)(=O)CCC(=O)N2CCc3ccccc32)cc1. The van der Waals surface area contributed by atoms with Crippen LogP contribution in [0.5, 0.6) is 5.75 Å². The molecule has 0 saturated carbocycles. The van der Waals surface area contributed by atoms with Gasteiger partial charge in [0, 0.05) is 18.7 Å². The molecule has 26 heavy (non-hydrogen) atoms. The Kier molecular flexibility index (Phi) is 5.32. The van der Waals surface area contributed by atoms with Crippen LogP contribution in [0.3, 0.4) is 0 Å². The van der Waals surface area contributed by atoms with Crippen molar-refractivity contribution in [2.75, 3.05) is 17.2 Å². The van der Waals surface area contributed by atoms with Gasteiger partial charge in [-0.05, 0) is 56.2 Å². The van der Waals surface area contributed by atoms with E-state index >= 15 is 0 Å². The summed E-state index contributed by atoms with van der Waals surface area (Å²) in [5.41, 5.74) is 2.02. The highest BCUT2D eigenvalue weighted by atomic mass is 32.2. The second-order valence-corrected chi connectivity index (χ2v) is 8.74. The van der Waals surface area contributed by atoms with E-state index in [-0.39, 0.29) is 29.1 Å². The normalized spacial score (nSPS) is 13.7. The standard InChI is InChI=1S/C20H23NO4S/c1-15(2)25-17-7-9-18(10-8-17)26(23,24)14-12-20(22)21-13-11-16-5-3-4-6-19(16)21/h3-10,15H,11-14H2,1-2H3. The van der Waals surface area contributed by atoms with E-state index < -0.39 is 9.84 Å². The van der Waals surface area contributed by atoms with Gasteiger partial charge < -0.3 is 9.64 Å². The van der Waals surface area contributed by atoms with Gasteiger partial charge in [-0.15, -0.1) is 0 Å². The topological polar surface area (TPSA) is 63.7 Å². The number of para-hydroxylation sites is 1. The highest BCUT2D eigenvalue weighted by Gasteiger charge is 2.25. The lowest BCUT2D eigenvalue weighted by atomic mass is 10.2. The molecule has 0 bridgehead atoms. The number of carbonyl (C=O) groups excluding carboxylic acids is 1. The Labute approximate surface area is 154 Å². The summed E-state index contributed by atoms with van der Waals surface area (Å²) >= 11 is 0. The molecule has 1 amide bonds. The molecule has 0 spiro atoms. The fourth-order valence-corrected chi connectivity index (χ4v) is 4.30. The van der Waals surface area contributed by atoms with Crippen molar-refractivity contribution in [3.05, 3.63) is 54.1 Å². The van der Waals surface area contributed by atoms with E-state index in [0.29, 0.717) is 12.3 Å². The fraction of sp³-hybridized carbons (Fsp3) is 0.350. The highest BCUT2D eigenvalue weighted by Crippen LogP contribution is 2.28. The summed E-state index contributed by atoms with van der Waals surface area (Å²) in [5.74, 6) is 0.275. The molecule has 1 aliphatic heterocycles. The minimum Gasteiger partial charge on any atom is -0.491 e. The van der Waals surface area contributed by atoms with Crippen molar-refractivity contribution in [1.82, 2.24) is 0 Å². The van der Waals surface area contributed by atoms with E-state index in [1.807, 2.05) is 38.1 Å². The lowest BCUT2D eigenvalue weighted by molar-refractivity contribution is -0.118. The number of rotatable bonds is 6. The van der Waals surface area contributed by atoms with Gasteiger partial charge in [0.1, 0.15) is 5.75 Å². The Morgan fingerprint density at radius 1 is 1.12 bits per heavy atom. The van der Waals surface area contributed by atoms with Crippen molar-refractivity contribution in [3.63, 3.8) is 0 Å². The predicted molar refractivity (Wildman–Crippen MR) is 101 cm³/mol. The quantitative estimate of drug-likeness (QED) is 0.780. The van der Waals surface area contributed by atoms with Crippen LogP contribution in [0, 0.1) is 0 Å². The third-order valence-corrected chi connectivity index (χ3v) is 6.06. The molecule has 2 aromatic rings. The number of ether oxygens (including phenoxy) is 1. The van der Waals surface area contributed by atoms with E-state index in [1.54, 1.807) is 17.0 Å². The third-order valence-electron chi connectivity index (χ3n) is 4.33. The van der Waals surface area contributed by atoms with Gasteiger partial charge in [-0.1, -0.05) is 18.2 Å². The minimum atomic E-state index is -3.51. The highest BCUT2D eigenvalue weighted by molar-refractivity contribution is 7.91. The monoisotopic (exact) mass is 373 g/mol. The number of anilines is 1. The third kappa shape index (κ3) is 4.07. The summed E-state index contributed by atoms with van der Waals surface area (Å²) in [6, 6.07) is 14.1. The first-order chi connectivity index (χ1) is 12.4. The predicted octanol–water partition coefficient (Wildman–Crippen LogP) is 3.23. The summed E-state index contributed by atoms with van der Waals surface area (Å²) < 4.78 is 30.6. The summed E-state index contributed by atoms with van der Waals surface area (Å²) in [4.78, 5) is 14.4. The number of hydrogen-bond acceptors (Lipinski definition) is 4. The molecule has 0 N–H and O–H groups in total. The van der Waals surface area contributed by atoms with E-state index in [4.69, 9.17) is 4.74 Å². The van der Waals surface area contributed by atoms with Gasteiger partial charge >= 0.3 is 0 Å². The molecule has 1 heterocycles. The summed E-state index contributed by atoms with van der Waals surface area (Å²) in [6.45, 7) is 4.43. The van der Waals surface area contributed by atoms with Gasteiger partial charge in [0.15, 0.2) is 9.84 Å². The molecule has 0 aliphatic carbocycles. The van der Waals surface area contributed by atoms with Gasteiger partial charge in [0.2, 0.25) is 5.91 Å². The fourth-order valence-electron chi connectivity index (χ4n) is 3.07. The Balaban J connectivity index is 1.64. The Hall–Kier alpha value is -2.34. The van der Waals surface area contributed by atoms with Crippen LogP contribution in [0.25, 0.3) is 0 Å². The van der Waals surface area contributed by atoms with Crippen LogP contribution in [-0.2, 0) is 21.1 Å². The first kappa shape index (κ1) is 18.5. The van der Waals surface area contributed by atoms with Crippen molar-refractivity contribution < 1.29 is 17.9 Å². The first-order valence-electron chi connectivity index (χ1n) is 8.74. The summed E-state index contributed by atoms with van der Waals surface area (Å²) in [7, 11) is -3.51. The van der Waals surface area contributed by atoms with Crippen molar-refractivity contribution in [1.29, 1.82) is 0 Å². The molecular weight excluding hydrogens is 350 g/mol. The van der Waals surface area contributed by atoms with Crippen molar-refractivity contribution in [2.45, 2.75) is 37.7 Å². The van der Waals surface area contributed by atoms with Gasteiger partial charge in [-0.3, -0.25) is 4.79 Å². The molecular formula is C20H23NO4S. The maximum absolute atomic E-state index is 12.5. The smallest absolute Gasteiger partial charge is 0.228 e. The molecule has 0 radical (unpaired) electrons. The second kappa shape index (κ2) is 7.50. The lowest BCUT2D eigenvalue weighted by Crippen LogP contribution is -2.30. The number of hydrogen-bond donors (Lipinski definition) is 0. The molecule has 2 aromatic carbocycles. The van der Waals surface area contributed by atoms with Crippen LogP contribution >= 0.6 is 0 Å². The zero-order valence-corrected chi connectivity index (χ0v) is 15.8. The lowest BCUT2D eigenvalue weighted by Gasteiger charge is -2.17. The molecule has 3 rings (SSSR count). The summed E-state index contributed by atoms with van der Waals surface area (Å²) in [5, 5.41) is 0. The van der Waals surface area contributed by atoms with Crippen molar-refractivity contribution in [3.8, 4) is 5.75 Å². The molecule has 0 saturated heterocycles. The summed E-state index contributed by atoms with van der Waals surface area (Å²) in [6.07, 6.45) is 0.811. The van der Waals surface area contributed by atoms with Gasteiger partial charge in [-0.2, -0.15) is 0 Å². The molecule has 0 fully saturated rings. The van der Waals surface area contributed by atoms with Crippen LogP contribution in [0.1, 0.15) is 25.8 Å². The number of carbonyl (C=O) groups is 1. The Bertz CT molecular complexity index is 888. The van der Waals surface area contributed by atoms with Crippen LogP contribution in [0.15, 0.2) is 53.4 Å². The number of sulfone groups is 1. The van der Waals surface area contributed by atoms with Crippen LogP contribution in [0.4, 0.5) is 5.69 Å². The second-order valence-electron chi connectivity index (χ2n) is 6.63. The van der Waals surface area contributed by atoms with Gasteiger partial charge in [0.25, 0.3) is 0 Å². The maximum Gasteiger partial charge on any atom is 0.228 e. The van der Waals surface area contributed by atoms with Crippen molar-refractivity contribution in [2.24, 2.45) is 0 Å². The van der Waals surface area contributed by atoms with E-state index in [9.17, 15) is 13.2 Å². The Morgan fingerprint density at radius 2 is 1.81 bits per heavy atom. The Morgan fingerprint density at radius 3 is 2.50 bits per heavy atom. The molecule has 1 aliphatic rings. The van der Waals surface area contributed by atoms with E-state index in [0.717, 1.165) is 17.7 Å². The van der Waals surface area contributed by atoms with E-state index in [2.05, 4.69) is 0 Å². The molecule has 0 unspecified atom stereocenters. The molecule has 0 atom stereocenters. The first-order valence-corrected chi connectivity index (χ1v) is 10.4. The molecule has 6 heteroatoms. The average molecular weight is 373 g/mol. The number of nitrogens with zero attached hydrogens (tertiary/aromatic N) is 1. The number of fused-ring (bicyclic) bond motifs is 1. The molecule has 5 nitrogen and oxygen atoms in total. The number of benzene rings is 2. The zero-order chi connectivity index (χ0) is 18.7. The average Bonchev–Trinajstić information content (AvgIpc) is 3.04. The van der Waals surface area contributed by atoms with Gasteiger partial charge in [0.05, 0.1) is 16.8 Å². The maximum atomic E-state index is 12.5. The van der Waals surface area contributed by atoms with Crippen LogP contribution in [0.2, 0.25) is 0 Å². The molecule has 138 valence electrons. The van der Waals surface area contributed by atoms with E-state index in [1.165, 1.54) is 12.1 Å². The van der Waals surface area contributed by atoms with Gasteiger partial charge in [-0.25, -0.2) is 8.42 Å². The van der Waals surface area contributed by atoms with Crippen LogP contribution in [-0.4, -0.2) is 32.7 Å². The molecule has 0 aromatic heterocycles. The zero-order valence-electron chi connectivity index (χ0n) is 15.0. The minimum absolute atomic E-state index is 0.0263. The largest absolute Gasteiger partial charge is 0.491 e. The van der Waals surface area contributed by atoms with Crippen molar-refractivity contribution >= 4 is 21.4 Å². The van der Waals surface area contributed by atoms with Crippen LogP contribution < -0.4 is 9.64 Å².